The molecule has 0 aliphatic rings. The summed E-state index contributed by atoms with van der Waals surface area (Å²) in [6.45, 7) is 4.10. The van der Waals surface area contributed by atoms with Gasteiger partial charge in [-0.25, -0.2) is 0 Å². The smallest absolute Gasteiger partial charge is 0.254 e. The van der Waals surface area contributed by atoms with Crippen LogP contribution in [0, 0.1) is 17.8 Å². The van der Waals surface area contributed by atoms with Crippen LogP contribution < -0.4 is 5.73 Å². The highest BCUT2D eigenvalue weighted by atomic mass is 16.2. The van der Waals surface area contributed by atoms with Crippen LogP contribution in [0.5, 0.6) is 0 Å². The fraction of sp³-hybridized carbons (Fsp3) is 0.375. The van der Waals surface area contributed by atoms with Gasteiger partial charge in [0.1, 0.15) is 6.61 Å². The fourth-order valence-electron chi connectivity index (χ4n) is 1.87. The number of nitrogens with two attached hydrogens (primary N) is 1. The number of rotatable bonds is 5. The minimum absolute atomic E-state index is 0.0942. The molecule has 21 heavy (non-hydrogen) atoms. The zero-order valence-corrected chi connectivity index (χ0v) is 12.3. The Balaban J connectivity index is 2.89. The van der Waals surface area contributed by atoms with E-state index in [9.17, 15) is 9.59 Å². The van der Waals surface area contributed by atoms with Crippen molar-refractivity contribution in [1.82, 2.24) is 4.90 Å². The molecule has 0 aliphatic heterocycles. The van der Waals surface area contributed by atoms with Gasteiger partial charge in [-0.15, -0.1) is 0 Å². The largest absolute Gasteiger partial charge is 0.384 e. The average Bonchev–Trinajstić information content (AvgIpc) is 2.43. The predicted molar refractivity (Wildman–Crippen MR) is 80.3 cm³/mol. The second-order valence-corrected chi connectivity index (χ2v) is 5.08. The van der Waals surface area contributed by atoms with Gasteiger partial charge in [0.2, 0.25) is 5.91 Å². The van der Waals surface area contributed by atoms with Crippen LogP contribution in [0.15, 0.2) is 24.3 Å². The summed E-state index contributed by atoms with van der Waals surface area (Å²) in [5.41, 5.74) is 6.38. The lowest BCUT2D eigenvalue weighted by Gasteiger charge is -2.23. The van der Waals surface area contributed by atoms with Gasteiger partial charge < -0.3 is 15.7 Å². The molecule has 0 aliphatic carbocycles. The lowest BCUT2D eigenvalue weighted by atomic mass is 10.1. The third kappa shape index (κ3) is 5.67. The number of primary amides is 1. The number of hydrogen-bond acceptors (Lipinski definition) is 3. The van der Waals surface area contributed by atoms with Crippen LogP contribution in [0.25, 0.3) is 0 Å². The first-order chi connectivity index (χ1) is 9.93. The van der Waals surface area contributed by atoms with Crippen molar-refractivity contribution in [1.29, 1.82) is 0 Å². The molecule has 0 atom stereocenters. The molecule has 1 aromatic carbocycles. The van der Waals surface area contributed by atoms with Gasteiger partial charge >= 0.3 is 0 Å². The minimum Gasteiger partial charge on any atom is -0.384 e. The molecule has 0 aromatic heterocycles. The molecule has 0 radical (unpaired) electrons. The summed E-state index contributed by atoms with van der Waals surface area (Å²) < 4.78 is 0. The van der Waals surface area contributed by atoms with Crippen LogP contribution in [0.2, 0.25) is 0 Å². The zero-order valence-electron chi connectivity index (χ0n) is 12.3. The van der Waals surface area contributed by atoms with E-state index in [0.29, 0.717) is 17.7 Å². The van der Waals surface area contributed by atoms with E-state index in [4.69, 9.17) is 10.8 Å². The lowest BCUT2D eigenvalue weighted by molar-refractivity contribution is -0.118. The summed E-state index contributed by atoms with van der Waals surface area (Å²) >= 11 is 0. The number of nitrogens with zero attached hydrogens (tertiary/aromatic N) is 1. The van der Waals surface area contributed by atoms with Crippen molar-refractivity contribution in [3.05, 3.63) is 35.4 Å². The van der Waals surface area contributed by atoms with Crippen LogP contribution in [0.3, 0.4) is 0 Å². The Bertz CT molecular complexity index is 553. The first-order valence-electron chi connectivity index (χ1n) is 6.71. The number of carbonyl (C=O) groups is 2. The van der Waals surface area contributed by atoms with E-state index in [1.165, 1.54) is 4.90 Å². The first-order valence-corrected chi connectivity index (χ1v) is 6.71. The van der Waals surface area contributed by atoms with Gasteiger partial charge in [-0.05, 0) is 30.2 Å². The molecule has 3 N–H and O–H groups in total. The highest BCUT2D eigenvalue weighted by Crippen LogP contribution is 2.09. The second-order valence-electron chi connectivity index (χ2n) is 5.08. The summed E-state index contributed by atoms with van der Waals surface area (Å²) in [6.07, 6.45) is 0. The number of carbonyl (C=O) groups excluding carboxylic acids is 2. The van der Waals surface area contributed by atoms with Crippen LogP contribution in [0.4, 0.5) is 0 Å². The quantitative estimate of drug-likeness (QED) is 0.779. The maximum absolute atomic E-state index is 12.4. The molecule has 112 valence electrons. The average molecular weight is 288 g/mol. The Morgan fingerprint density at radius 2 is 1.90 bits per heavy atom. The van der Waals surface area contributed by atoms with Crippen molar-refractivity contribution in [3.8, 4) is 11.8 Å². The van der Waals surface area contributed by atoms with Crippen molar-refractivity contribution < 1.29 is 14.7 Å². The zero-order chi connectivity index (χ0) is 15.8. The maximum atomic E-state index is 12.4. The van der Waals surface area contributed by atoms with Gasteiger partial charge in [0, 0.05) is 17.7 Å². The molecular weight excluding hydrogens is 268 g/mol. The van der Waals surface area contributed by atoms with E-state index >= 15 is 0 Å². The monoisotopic (exact) mass is 288 g/mol. The van der Waals surface area contributed by atoms with Gasteiger partial charge in [0.05, 0.1) is 6.54 Å². The highest BCUT2D eigenvalue weighted by Gasteiger charge is 2.18. The Hall–Kier alpha value is -2.32. The highest BCUT2D eigenvalue weighted by molar-refractivity contribution is 5.96. The summed E-state index contributed by atoms with van der Waals surface area (Å²) in [7, 11) is 0. The van der Waals surface area contributed by atoms with Crippen molar-refractivity contribution in [2.75, 3.05) is 19.7 Å². The van der Waals surface area contributed by atoms with Gasteiger partial charge in [0.25, 0.3) is 5.91 Å². The van der Waals surface area contributed by atoms with E-state index in [2.05, 4.69) is 11.8 Å². The minimum atomic E-state index is -0.533. The summed E-state index contributed by atoms with van der Waals surface area (Å²) in [5.74, 6) is 4.77. The Kier molecular flexibility index (Phi) is 6.44. The third-order valence-corrected chi connectivity index (χ3v) is 2.66. The maximum Gasteiger partial charge on any atom is 0.254 e. The number of hydrogen-bond donors (Lipinski definition) is 2. The van der Waals surface area contributed by atoms with E-state index < -0.39 is 5.91 Å². The molecule has 1 aromatic rings. The van der Waals surface area contributed by atoms with Gasteiger partial charge in [-0.2, -0.15) is 0 Å². The molecule has 0 heterocycles. The lowest BCUT2D eigenvalue weighted by Crippen LogP contribution is -2.40. The van der Waals surface area contributed by atoms with E-state index in [-0.39, 0.29) is 25.0 Å². The van der Waals surface area contributed by atoms with E-state index in [0.717, 1.165) is 0 Å². The SMILES string of the molecule is CC(C)CN(CC(N)=O)C(=O)c1ccc(C#CCO)cc1. The summed E-state index contributed by atoms with van der Waals surface area (Å²) in [4.78, 5) is 24.9. The normalized spacial score (nSPS) is 9.90. The Morgan fingerprint density at radius 1 is 1.29 bits per heavy atom. The third-order valence-electron chi connectivity index (χ3n) is 2.66. The molecule has 5 heteroatoms. The van der Waals surface area contributed by atoms with Crippen molar-refractivity contribution >= 4 is 11.8 Å². The summed E-state index contributed by atoms with van der Waals surface area (Å²) in [6, 6.07) is 6.71. The molecule has 0 saturated carbocycles. The fourth-order valence-corrected chi connectivity index (χ4v) is 1.87. The van der Waals surface area contributed by atoms with Crippen molar-refractivity contribution in [3.63, 3.8) is 0 Å². The molecule has 0 unspecified atom stereocenters. The topological polar surface area (TPSA) is 83.6 Å². The van der Waals surface area contributed by atoms with E-state index in [1.807, 2.05) is 13.8 Å². The molecule has 0 saturated heterocycles. The molecule has 0 bridgehead atoms. The number of amides is 2. The standard InChI is InChI=1S/C16H20N2O3/c1-12(2)10-18(11-15(17)20)16(21)14-7-5-13(6-8-14)4-3-9-19/h5-8,12,19H,9-11H2,1-2H3,(H2,17,20). The molecule has 0 fully saturated rings. The van der Waals surface area contributed by atoms with Gasteiger partial charge in [-0.1, -0.05) is 25.7 Å². The summed E-state index contributed by atoms with van der Waals surface area (Å²) in [5, 5.41) is 8.63. The van der Waals surface area contributed by atoms with Gasteiger partial charge in [-0.3, -0.25) is 9.59 Å². The molecule has 5 nitrogen and oxygen atoms in total. The van der Waals surface area contributed by atoms with Crippen LogP contribution in [0.1, 0.15) is 29.8 Å². The molecule has 2 amide bonds. The van der Waals surface area contributed by atoms with Crippen LogP contribution in [-0.4, -0.2) is 41.5 Å². The van der Waals surface area contributed by atoms with Crippen LogP contribution >= 0.6 is 0 Å². The molecule has 0 spiro atoms. The van der Waals surface area contributed by atoms with Crippen LogP contribution in [-0.2, 0) is 4.79 Å². The van der Waals surface area contributed by atoms with Crippen molar-refractivity contribution in [2.24, 2.45) is 11.7 Å². The van der Waals surface area contributed by atoms with Gasteiger partial charge in [0.15, 0.2) is 0 Å². The molecule has 1 rings (SSSR count). The first kappa shape index (κ1) is 16.7. The second kappa shape index (κ2) is 8.08. The Morgan fingerprint density at radius 3 is 2.38 bits per heavy atom. The van der Waals surface area contributed by atoms with E-state index in [1.54, 1.807) is 24.3 Å². The number of aliphatic hydroxyl groups excluding tert-OH is 1. The number of benzene rings is 1. The van der Waals surface area contributed by atoms with Crippen molar-refractivity contribution in [2.45, 2.75) is 13.8 Å². The predicted octanol–water partition coefficient (Wildman–Crippen LogP) is 0.614. The number of aliphatic hydroxyl groups is 1. The molecular formula is C16H20N2O3. The Labute approximate surface area is 124 Å².